The van der Waals surface area contributed by atoms with Crippen molar-refractivity contribution in [2.24, 2.45) is 0 Å². The molecule has 1 unspecified atom stereocenters. The molecular formula is C25H30F3N3O4. The molecule has 1 aliphatic heterocycles. The minimum Gasteiger partial charge on any atom is -0.493 e. The molecule has 5 rings (SSSR count). The summed E-state index contributed by atoms with van der Waals surface area (Å²) in [7, 11) is 1.56. The number of pyridine rings is 1. The average molecular weight is 494 g/mol. The number of alkyl halides is 3. The number of anilines is 1. The largest absolute Gasteiger partial charge is 0.493 e. The van der Waals surface area contributed by atoms with Crippen molar-refractivity contribution in [1.82, 2.24) is 9.88 Å². The third-order valence-electron chi connectivity index (χ3n) is 6.83. The number of hydrogen-bond acceptors (Lipinski definition) is 7. The Morgan fingerprint density at radius 2 is 1.94 bits per heavy atom. The van der Waals surface area contributed by atoms with Gasteiger partial charge in [-0.3, -0.25) is 4.98 Å². The zero-order valence-electron chi connectivity index (χ0n) is 19.7. The van der Waals surface area contributed by atoms with Crippen molar-refractivity contribution in [1.29, 1.82) is 0 Å². The number of nitrogens with one attached hydrogen (secondary N) is 1. The van der Waals surface area contributed by atoms with E-state index in [4.69, 9.17) is 19.2 Å². The molecule has 10 heteroatoms. The molecule has 3 aliphatic rings. The summed E-state index contributed by atoms with van der Waals surface area (Å²) in [5, 5.41) is 4.16. The summed E-state index contributed by atoms with van der Waals surface area (Å²) in [4.78, 5) is 18.7. The number of hydrogen-bond donors (Lipinski definition) is 1. The van der Waals surface area contributed by atoms with Crippen molar-refractivity contribution >= 4 is 22.6 Å². The topological polar surface area (TPSA) is 72.9 Å². The second-order valence-electron chi connectivity index (χ2n) is 9.47. The molecule has 0 radical (unpaired) electrons. The van der Waals surface area contributed by atoms with Crippen molar-refractivity contribution in [3.8, 4) is 11.5 Å². The molecule has 35 heavy (non-hydrogen) atoms. The first-order chi connectivity index (χ1) is 16.8. The van der Waals surface area contributed by atoms with Gasteiger partial charge in [-0.25, -0.2) is 4.79 Å². The van der Waals surface area contributed by atoms with Crippen molar-refractivity contribution in [3.05, 3.63) is 23.4 Å². The van der Waals surface area contributed by atoms with E-state index in [0.717, 1.165) is 38.9 Å². The molecule has 2 aliphatic carbocycles. The molecule has 0 bridgehead atoms. The number of halogens is 3. The van der Waals surface area contributed by atoms with Gasteiger partial charge < -0.3 is 24.4 Å². The highest BCUT2D eigenvalue weighted by Crippen LogP contribution is 2.46. The van der Waals surface area contributed by atoms with Gasteiger partial charge in [0.2, 0.25) is 0 Å². The Hall–Kier alpha value is -2.75. The highest BCUT2D eigenvalue weighted by Gasteiger charge is 2.44. The number of aryl methyl sites for hydroxylation is 1. The van der Waals surface area contributed by atoms with Crippen LogP contribution in [0.1, 0.15) is 55.9 Å². The summed E-state index contributed by atoms with van der Waals surface area (Å²) < 4.78 is 55.1. The average Bonchev–Trinajstić information content (AvgIpc) is 3.32. The number of aromatic nitrogens is 1. The first-order valence-electron chi connectivity index (χ1n) is 12.3. The molecule has 1 saturated carbocycles. The third kappa shape index (κ3) is 5.27. The molecule has 1 saturated heterocycles. The van der Waals surface area contributed by atoms with Gasteiger partial charge in [-0.15, -0.1) is 0 Å². The number of carbonyl (C=O) groups is 1. The predicted octanol–water partition coefficient (Wildman–Crippen LogP) is 4.78. The molecule has 2 fully saturated rings. The van der Waals surface area contributed by atoms with Gasteiger partial charge in [-0.2, -0.15) is 13.2 Å². The summed E-state index contributed by atoms with van der Waals surface area (Å²) >= 11 is 0. The molecule has 1 aromatic heterocycles. The smallest absolute Gasteiger partial charge is 0.490 e. The van der Waals surface area contributed by atoms with E-state index >= 15 is 0 Å². The van der Waals surface area contributed by atoms with Crippen LogP contribution in [-0.4, -0.2) is 61.4 Å². The number of likely N-dealkylation sites (tertiary alicyclic amines) is 1. The molecule has 7 nitrogen and oxygen atoms in total. The summed E-state index contributed by atoms with van der Waals surface area (Å²) in [5.74, 6) is -1.06. The van der Waals surface area contributed by atoms with Crippen LogP contribution < -0.4 is 14.8 Å². The van der Waals surface area contributed by atoms with Gasteiger partial charge in [0.05, 0.1) is 30.6 Å². The molecule has 1 aromatic carbocycles. The van der Waals surface area contributed by atoms with Crippen molar-refractivity contribution in [2.45, 2.75) is 63.3 Å². The molecular weight excluding hydrogens is 463 g/mol. The number of nitrogens with zero attached hydrogens (tertiary/aromatic N) is 2. The lowest BCUT2D eigenvalue weighted by Crippen LogP contribution is -2.27. The quantitative estimate of drug-likeness (QED) is 0.398. The van der Waals surface area contributed by atoms with Gasteiger partial charge in [0.1, 0.15) is 6.10 Å². The van der Waals surface area contributed by atoms with Gasteiger partial charge in [-0.05, 0) is 64.1 Å². The number of esters is 1. The minimum absolute atomic E-state index is 0.233. The first-order valence-corrected chi connectivity index (χ1v) is 12.3. The van der Waals surface area contributed by atoms with Gasteiger partial charge in [0, 0.05) is 29.6 Å². The number of carbonyl (C=O) groups excluding carboxylic acids is 1. The monoisotopic (exact) mass is 493 g/mol. The standard InChI is InChI=1S/C25H30F3N3O4/c1-33-20-13-16-18(14-21(20)34-12-4-11-31-9-2-3-10-31)30-17-7-8-19(35-24(32)25(26,27)28)22(17)23(16)29-15-5-6-15/h13-15,19H,2-12H2,1H3,(H,29,30). The van der Waals surface area contributed by atoms with Gasteiger partial charge in [0.15, 0.2) is 11.5 Å². The van der Waals surface area contributed by atoms with Crippen molar-refractivity contribution < 1.29 is 32.2 Å². The molecule has 0 spiro atoms. The lowest BCUT2D eigenvalue weighted by Gasteiger charge is -2.21. The van der Waals surface area contributed by atoms with Crippen molar-refractivity contribution in [3.63, 3.8) is 0 Å². The fraction of sp³-hybridized carbons (Fsp3) is 0.600. The highest BCUT2D eigenvalue weighted by molar-refractivity contribution is 5.96. The van der Waals surface area contributed by atoms with Crippen LogP contribution in [0.3, 0.4) is 0 Å². The Bertz CT molecular complexity index is 1100. The maximum absolute atomic E-state index is 12.9. The van der Waals surface area contributed by atoms with E-state index in [2.05, 4.69) is 10.2 Å². The molecule has 1 N–H and O–H groups in total. The van der Waals surface area contributed by atoms with Crippen LogP contribution in [0.2, 0.25) is 0 Å². The van der Waals surface area contributed by atoms with Crippen LogP contribution in [0.25, 0.3) is 10.9 Å². The highest BCUT2D eigenvalue weighted by atomic mass is 19.4. The third-order valence-corrected chi connectivity index (χ3v) is 6.83. The van der Waals surface area contributed by atoms with E-state index in [1.165, 1.54) is 12.8 Å². The number of rotatable bonds is 9. The fourth-order valence-electron chi connectivity index (χ4n) is 4.94. The number of fused-ring (bicyclic) bond motifs is 2. The normalized spacial score (nSPS) is 20.2. The summed E-state index contributed by atoms with van der Waals surface area (Å²) in [6.45, 7) is 3.83. The molecule has 1 atom stereocenters. The second-order valence-corrected chi connectivity index (χ2v) is 9.47. The zero-order chi connectivity index (χ0) is 24.6. The Labute approximate surface area is 201 Å². The minimum atomic E-state index is -5.04. The molecule has 0 amide bonds. The number of ether oxygens (including phenoxy) is 3. The van der Waals surface area contributed by atoms with Gasteiger partial charge in [-0.1, -0.05) is 0 Å². The Morgan fingerprint density at radius 3 is 2.63 bits per heavy atom. The molecule has 2 aromatic rings. The van der Waals surface area contributed by atoms with Crippen LogP contribution in [0.4, 0.5) is 18.9 Å². The van der Waals surface area contributed by atoms with Crippen LogP contribution in [0.15, 0.2) is 12.1 Å². The van der Waals surface area contributed by atoms with Crippen LogP contribution in [-0.2, 0) is 16.0 Å². The van der Waals surface area contributed by atoms with E-state index in [1.54, 1.807) is 7.11 Å². The second kappa shape index (κ2) is 9.72. The Morgan fingerprint density at radius 1 is 1.17 bits per heavy atom. The molecule has 190 valence electrons. The van der Waals surface area contributed by atoms with Gasteiger partial charge >= 0.3 is 12.1 Å². The van der Waals surface area contributed by atoms with E-state index in [-0.39, 0.29) is 12.5 Å². The lowest BCUT2D eigenvalue weighted by atomic mass is 10.0. The first kappa shape index (κ1) is 24.0. The van der Waals surface area contributed by atoms with Crippen LogP contribution >= 0.6 is 0 Å². The van der Waals surface area contributed by atoms with Crippen LogP contribution in [0.5, 0.6) is 11.5 Å². The Kier molecular flexibility index (Phi) is 6.65. The van der Waals surface area contributed by atoms with Crippen LogP contribution in [0, 0.1) is 0 Å². The van der Waals surface area contributed by atoms with E-state index < -0.39 is 18.2 Å². The lowest BCUT2D eigenvalue weighted by molar-refractivity contribution is -0.205. The Balaban J connectivity index is 1.43. The summed E-state index contributed by atoms with van der Waals surface area (Å²) in [6.07, 6.45) is 0.00814. The molecule has 2 heterocycles. The number of methoxy groups -OCH3 is 1. The SMILES string of the molecule is COc1cc2c(NC3CC3)c3c(nc2cc1OCCCN1CCCC1)CCC3OC(=O)C(F)(F)F. The maximum atomic E-state index is 12.9. The van der Waals surface area contributed by atoms with E-state index in [0.29, 0.717) is 52.4 Å². The van der Waals surface area contributed by atoms with Gasteiger partial charge in [0.25, 0.3) is 0 Å². The zero-order valence-corrected chi connectivity index (χ0v) is 19.7. The van der Waals surface area contributed by atoms with Crippen molar-refractivity contribution in [2.75, 3.05) is 38.7 Å². The van der Waals surface area contributed by atoms with E-state index in [1.807, 2.05) is 12.1 Å². The summed E-state index contributed by atoms with van der Waals surface area (Å²) in [5.41, 5.74) is 2.52. The fourth-order valence-corrected chi connectivity index (χ4v) is 4.94. The number of benzene rings is 1. The van der Waals surface area contributed by atoms with E-state index in [9.17, 15) is 18.0 Å². The predicted molar refractivity (Wildman–Crippen MR) is 124 cm³/mol. The summed E-state index contributed by atoms with van der Waals surface area (Å²) in [6, 6.07) is 3.87. The maximum Gasteiger partial charge on any atom is 0.490 e.